The fraction of sp³-hybridized carbons (Fsp3) is 0.174. The average Bonchev–Trinajstić information content (AvgIpc) is 3.21. The van der Waals surface area contributed by atoms with Gasteiger partial charge in [0.1, 0.15) is 5.52 Å². The Bertz CT molecular complexity index is 1340. The second-order valence-electron chi connectivity index (χ2n) is 7.45. The zero-order chi connectivity index (χ0) is 19.4. The molecule has 1 aromatic carbocycles. The van der Waals surface area contributed by atoms with Crippen LogP contribution in [0.15, 0.2) is 48.9 Å². The lowest BCUT2D eigenvalue weighted by atomic mass is 10.0. The van der Waals surface area contributed by atoms with Gasteiger partial charge in [-0.15, -0.1) is 0 Å². The monoisotopic (exact) mass is 367 g/mol. The molecular weight excluding hydrogens is 346 g/mol. The van der Waals surface area contributed by atoms with Crippen LogP contribution in [0, 0.1) is 20.8 Å². The summed E-state index contributed by atoms with van der Waals surface area (Å²) in [6, 6.07) is 12.9. The van der Waals surface area contributed by atoms with E-state index in [-0.39, 0.29) is 0 Å². The predicted molar refractivity (Wildman–Crippen MR) is 113 cm³/mol. The lowest BCUT2D eigenvalue weighted by Crippen LogP contribution is -1.89. The van der Waals surface area contributed by atoms with Gasteiger partial charge in [-0.05, 0) is 56.2 Å². The summed E-state index contributed by atoms with van der Waals surface area (Å²) < 4.78 is 1.93. The summed E-state index contributed by atoms with van der Waals surface area (Å²) in [7, 11) is 1.96. The first-order chi connectivity index (χ1) is 13.5. The molecule has 5 aromatic rings. The van der Waals surface area contributed by atoms with E-state index in [0.29, 0.717) is 0 Å². The van der Waals surface area contributed by atoms with E-state index in [9.17, 15) is 0 Å². The van der Waals surface area contributed by atoms with Gasteiger partial charge in [0.15, 0.2) is 5.65 Å². The van der Waals surface area contributed by atoms with Gasteiger partial charge in [-0.2, -0.15) is 0 Å². The molecule has 4 aromatic heterocycles. The number of pyridine rings is 2. The molecule has 5 nitrogen and oxygen atoms in total. The molecule has 0 bridgehead atoms. The van der Waals surface area contributed by atoms with Crippen LogP contribution < -0.4 is 0 Å². The van der Waals surface area contributed by atoms with Crippen molar-refractivity contribution >= 4 is 22.1 Å². The minimum atomic E-state index is 0.895. The first kappa shape index (κ1) is 16.7. The molecule has 0 saturated carbocycles. The third kappa shape index (κ3) is 2.59. The highest BCUT2D eigenvalue weighted by Gasteiger charge is 2.12. The van der Waals surface area contributed by atoms with Crippen LogP contribution in [-0.2, 0) is 7.05 Å². The van der Waals surface area contributed by atoms with Gasteiger partial charge < -0.3 is 9.55 Å². The van der Waals surface area contributed by atoms with Crippen LogP contribution in [0.2, 0.25) is 0 Å². The maximum atomic E-state index is 4.57. The van der Waals surface area contributed by atoms with Crippen LogP contribution in [0.3, 0.4) is 0 Å². The van der Waals surface area contributed by atoms with Crippen LogP contribution in [0.1, 0.15) is 17.0 Å². The lowest BCUT2D eigenvalue weighted by molar-refractivity contribution is 0.931. The van der Waals surface area contributed by atoms with Gasteiger partial charge in [0.25, 0.3) is 0 Å². The SMILES string of the molecule is Cc1cc(-c2[nH]c3cc(-c4cnc5c(c4)ncn5C)ccc3c2C)cc(C)n1. The molecule has 0 amide bonds. The molecule has 0 radical (unpaired) electrons. The molecular formula is C23H21N5. The summed E-state index contributed by atoms with van der Waals surface area (Å²) >= 11 is 0. The second-order valence-corrected chi connectivity index (χ2v) is 7.45. The second kappa shape index (κ2) is 6.02. The number of H-pyrrole nitrogens is 1. The van der Waals surface area contributed by atoms with Crippen molar-refractivity contribution in [3.63, 3.8) is 0 Å². The largest absolute Gasteiger partial charge is 0.354 e. The Kier molecular flexibility index (Phi) is 3.59. The molecule has 4 heterocycles. The van der Waals surface area contributed by atoms with E-state index in [1.54, 1.807) is 6.33 Å². The Morgan fingerprint density at radius 3 is 2.43 bits per heavy atom. The van der Waals surface area contributed by atoms with Gasteiger partial charge in [-0.1, -0.05) is 12.1 Å². The van der Waals surface area contributed by atoms with Crippen molar-refractivity contribution < 1.29 is 0 Å². The predicted octanol–water partition coefficient (Wildman–Crippen LogP) is 5.10. The quantitative estimate of drug-likeness (QED) is 0.472. The number of nitrogens with zero attached hydrogens (tertiary/aromatic N) is 4. The first-order valence-electron chi connectivity index (χ1n) is 9.35. The molecule has 0 unspecified atom stereocenters. The Hall–Kier alpha value is -3.47. The van der Waals surface area contributed by atoms with Crippen molar-refractivity contribution in [3.05, 3.63) is 65.9 Å². The number of imidazole rings is 1. The maximum Gasteiger partial charge on any atom is 0.159 e. The van der Waals surface area contributed by atoms with Crippen molar-refractivity contribution in [2.75, 3.05) is 0 Å². The van der Waals surface area contributed by atoms with Crippen LogP contribution in [0.5, 0.6) is 0 Å². The number of fused-ring (bicyclic) bond motifs is 2. The van der Waals surface area contributed by atoms with Gasteiger partial charge >= 0.3 is 0 Å². The highest BCUT2D eigenvalue weighted by Crippen LogP contribution is 2.33. The molecule has 5 heteroatoms. The summed E-state index contributed by atoms with van der Waals surface area (Å²) in [6.45, 7) is 6.24. The van der Waals surface area contributed by atoms with E-state index in [0.717, 1.165) is 44.9 Å². The van der Waals surface area contributed by atoms with Crippen molar-refractivity contribution in [1.29, 1.82) is 0 Å². The van der Waals surface area contributed by atoms with E-state index in [2.05, 4.69) is 63.3 Å². The number of benzene rings is 1. The normalized spacial score (nSPS) is 11.6. The van der Waals surface area contributed by atoms with Crippen molar-refractivity contribution in [3.8, 4) is 22.4 Å². The van der Waals surface area contributed by atoms with E-state index in [1.165, 1.54) is 16.5 Å². The summed E-state index contributed by atoms with van der Waals surface area (Å²) in [5.41, 5.74) is 10.8. The Morgan fingerprint density at radius 1 is 0.857 bits per heavy atom. The molecule has 1 N–H and O–H groups in total. The Morgan fingerprint density at radius 2 is 1.64 bits per heavy atom. The smallest absolute Gasteiger partial charge is 0.159 e. The molecule has 0 atom stereocenters. The lowest BCUT2D eigenvalue weighted by Gasteiger charge is -2.04. The summed E-state index contributed by atoms with van der Waals surface area (Å²) in [6.07, 6.45) is 3.71. The molecule has 138 valence electrons. The average molecular weight is 367 g/mol. The van der Waals surface area contributed by atoms with Crippen LogP contribution in [0.25, 0.3) is 44.5 Å². The Labute approximate surface area is 163 Å². The van der Waals surface area contributed by atoms with E-state index in [1.807, 2.05) is 31.7 Å². The molecule has 0 aliphatic heterocycles. The van der Waals surface area contributed by atoms with Crippen LogP contribution in [-0.4, -0.2) is 24.5 Å². The number of hydrogen-bond acceptors (Lipinski definition) is 3. The standard InChI is InChI=1S/C23H21N5/c1-13-7-17(8-14(2)26-13)22-15(3)19-6-5-16(9-20(19)27-22)18-10-21-23(24-11-18)28(4)12-25-21/h5-12,27H,1-4H3. The van der Waals surface area contributed by atoms with Crippen molar-refractivity contribution in [1.82, 2.24) is 24.5 Å². The van der Waals surface area contributed by atoms with Crippen LogP contribution >= 0.6 is 0 Å². The number of nitrogens with one attached hydrogen (secondary N) is 1. The summed E-state index contributed by atoms with van der Waals surface area (Å²) in [5.74, 6) is 0. The fourth-order valence-corrected chi connectivity index (χ4v) is 3.96. The molecule has 0 saturated heterocycles. The van der Waals surface area contributed by atoms with Crippen molar-refractivity contribution in [2.24, 2.45) is 7.05 Å². The zero-order valence-corrected chi connectivity index (χ0v) is 16.4. The molecule has 0 fully saturated rings. The molecule has 0 spiro atoms. The minimum absolute atomic E-state index is 0.895. The third-order valence-corrected chi connectivity index (χ3v) is 5.31. The fourth-order valence-electron chi connectivity index (χ4n) is 3.96. The summed E-state index contributed by atoms with van der Waals surface area (Å²) in [5, 5.41) is 1.23. The first-order valence-corrected chi connectivity index (χ1v) is 9.35. The maximum absolute atomic E-state index is 4.57. The highest BCUT2D eigenvalue weighted by molar-refractivity contribution is 5.93. The van der Waals surface area contributed by atoms with Gasteiger partial charge in [0.2, 0.25) is 0 Å². The topological polar surface area (TPSA) is 59.4 Å². The van der Waals surface area contributed by atoms with Gasteiger partial charge in [-0.3, -0.25) is 4.98 Å². The molecule has 5 rings (SSSR count). The van der Waals surface area contributed by atoms with E-state index in [4.69, 9.17) is 0 Å². The van der Waals surface area contributed by atoms with Gasteiger partial charge in [-0.25, -0.2) is 9.97 Å². The number of aromatic amines is 1. The number of hydrogen-bond donors (Lipinski definition) is 1. The van der Waals surface area contributed by atoms with E-state index >= 15 is 0 Å². The highest BCUT2D eigenvalue weighted by atomic mass is 15.1. The molecule has 0 aliphatic rings. The molecule has 28 heavy (non-hydrogen) atoms. The van der Waals surface area contributed by atoms with Crippen molar-refractivity contribution in [2.45, 2.75) is 20.8 Å². The van der Waals surface area contributed by atoms with Crippen LogP contribution in [0.4, 0.5) is 0 Å². The van der Waals surface area contributed by atoms with E-state index < -0.39 is 0 Å². The van der Waals surface area contributed by atoms with Gasteiger partial charge in [0.05, 0.1) is 6.33 Å². The summed E-state index contributed by atoms with van der Waals surface area (Å²) in [4.78, 5) is 17.1. The number of aryl methyl sites for hydroxylation is 4. The number of aromatic nitrogens is 5. The van der Waals surface area contributed by atoms with Gasteiger partial charge in [0, 0.05) is 52.4 Å². The number of rotatable bonds is 2. The minimum Gasteiger partial charge on any atom is -0.354 e. The third-order valence-electron chi connectivity index (χ3n) is 5.31. The zero-order valence-electron chi connectivity index (χ0n) is 16.4. The molecule has 0 aliphatic carbocycles. The Balaban J connectivity index is 1.64.